The van der Waals surface area contributed by atoms with Crippen LogP contribution in [0.25, 0.3) is 16.4 Å². The highest BCUT2D eigenvalue weighted by Crippen LogP contribution is 2.29. The van der Waals surface area contributed by atoms with Crippen LogP contribution in [0.4, 0.5) is 20.3 Å². The number of amides is 2. The SMILES string of the molecule is Cc1cc(NC(=O)[C@@H]2CC(=O)N(c3ccc(F)cc3)C2)n(-c2nc(-c3ccc(F)cc3)cs2)n1. The molecule has 3 heterocycles. The first-order chi connectivity index (χ1) is 16.4. The summed E-state index contributed by atoms with van der Waals surface area (Å²) < 4.78 is 28.0. The summed E-state index contributed by atoms with van der Waals surface area (Å²) in [7, 11) is 0. The zero-order chi connectivity index (χ0) is 23.8. The van der Waals surface area contributed by atoms with Crippen molar-refractivity contribution in [1.29, 1.82) is 0 Å². The maximum atomic E-state index is 13.2. The number of thiazole rings is 1. The fraction of sp³-hybridized carbons (Fsp3) is 0.167. The lowest BCUT2D eigenvalue weighted by molar-refractivity contribution is -0.122. The molecular formula is C24H19F2N5O2S. The topological polar surface area (TPSA) is 80.1 Å². The van der Waals surface area contributed by atoms with Crippen LogP contribution in [0.1, 0.15) is 12.1 Å². The average Bonchev–Trinajstić information content (AvgIpc) is 3.53. The van der Waals surface area contributed by atoms with Gasteiger partial charge >= 0.3 is 0 Å². The largest absolute Gasteiger partial charge is 0.312 e. The van der Waals surface area contributed by atoms with E-state index < -0.39 is 11.7 Å². The lowest BCUT2D eigenvalue weighted by Crippen LogP contribution is -2.28. The summed E-state index contributed by atoms with van der Waals surface area (Å²) in [6.07, 6.45) is 0.0578. The molecule has 0 unspecified atom stereocenters. The number of hydrogen-bond acceptors (Lipinski definition) is 5. The van der Waals surface area contributed by atoms with Crippen LogP contribution in [0.3, 0.4) is 0 Å². The van der Waals surface area contributed by atoms with Gasteiger partial charge in [0, 0.05) is 35.7 Å². The molecule has 0 aliphatic carbocycles. The van der Waals surface area contributed by atoms with Gasteiger partial charge in [0.25, 0.3) is 0 Å². The van der Waals surface area contributed by atoms with Crippen molar-refractivity contribution >= 4 is 34.7 Å². The van der Waals surface area contributed by atoms with Crippen LogP contribution in [0.2, 0.25) is 0 Å². The van der Waals surface area contributed by atoms with Crippen molar-refractivity contribution in [2.75, 3.05) is 16.8 Å². The Morgan fingerprint density at radius 3 is 2.47 bits per heavy atom. The van der Waals surface area contributed by atoms with E-state index in [1.54, 1.807) is 29.8 Å². The van der Waals surface area contributed by atoms with Gasteiger partial charge < -0.3 is 10.2 Å². The molecule has 0 spiro atoms. The average molecular weight is 480 g/mol. The van der Waals surface area contributed by atoms with Crippen LogP contribution < -0.4 is 10.2 Å². The Morgan fingerprint density at radius 2 is 1.76 bits per heavy atom. The van der Waals surface area contributed by atoms with E-state index >= 15 is 0 Å². The minimum absolute atomic E-state index is 0.0578. The van der Waals surface area contributed by atoms with Crippen molar-refractivity contribution in [2.45, 2.75) is 13.3 Å². The van der Waals surface area contributed by atoms with E-state index in [0.29, 0.717) is 28.0 Å². The van der Waals surface area contributed by atoms with Crippen LogP contribution in [-0.4, -0.2) is 33.1 Å². The van der Waals surface area contributed by atoms with Gasteiger partial charge in [-0.1, -0.05) is 0 Å². The lowest BCUT2D eigenvalue weighted by atomic mass is 10.1. The van der Waals surface area contributed by atoms with Crippen molar-refractivity contribution in [3.63, 3.8) is 0 Å². The Labute approximate surface area is 197 Å². The molecule has 4 aromatic rings. The molecule has 1 aliphatic rings. The lowest BCUT2D eigenvalue weighted by Gasteiger charge is -2.16. The zero-order valence-corrected chi connectivity index (χ0v) is 18.9. The third-order valence-electron chi connectivity index (χ3n) is 5.53. The summed E-state index contributed by atoms with van der Waals surface area (Å²) >= 11 is 1.34. The summed E-state index contributed by atoms with van der Waals surface area (Å²) in [5.74, 6) is -1.34. The van der Waals surface area contributed by atoms with Crippen LogP contribution in [0, 0.1) is 24.5 Å². The molecule has 2 aromatic heterocycles. The number of carbonyl (C=O) groups excluding carboxylic acids is 2. The number of rotatable bonds is 5. The molecule has 2 amide bonds. The third-order valence-corrected chi connectivity index (χ3v) is 6.35. The van der Waals surface area contributed by atoms with Crippen molar-refractivity contribution in [1.82, 2.24) is 14.8 Å². The predicted octanol–water partition coefficient (Wildman–Crippen LogP) is 4.57. The molecule has 1 fully saturated rings. The van der Waals surface area contributed by atoms with Gasteiger partial charge in [-0.05, 0) is 55.5 Å². The zero-order valence-electron chi connectivity index (χ0n) is 18.0. The Bertz CT molecular complexity index is 1370. The van der Waals surface area contributed by atoms with Gasteiger partial charge in [0.15, 0.2) is 0 Å². The van der Waals surface area contributed by atoms with Gasteiger partial charge in [-0.15, -0.1) is 11.3 Å². The number of nitrogens with zero attached hydrogens (tertiary/aromatic N) is 4. The van der Waals surface area contributed by atoms with E-state index in [0.717, 1.165) is 5.56 Å². The quantitative estimate of drug-likeness (QED) is 0.455. The predicted molar refractivity (Wildman–Crippen MR) is 125 cm³/mol. The Morgan fingerprint density at radius 1 is 1.09 bits per heavy atom. The monoisotopic (exact) mass is 479 g/mol. The molecule has 1 N–H and O–H groups in total. The Kier molecular flexibility index (Phi) is 5.66. The maximum absolute atomic E-state index is 13.2. The summed E-state index contributed by atoms with van der Waals surface area (Å²) in [5.41, 5.74) is 2.67. The highest BCUT2D eigenvalue weighted by Gasteiger charge is 2.35. The number of benzene rings is 2. The van der Waals surface area contributed by atoms with Crippen molar-refractivity contribution < 1.29 is 18.4 Å². The van der Waals surface area contributed by atoms with E-state index in [1.807, 2.05) is 5.38 Å². The molecule has 172 valence electrons. The van der Waals surface area contributed by atoms with Gasteiger partial charge in [-0.2, -0.15) is 9.78 Å². The first kappa shape index (κ1) is 21.9. The number of nitrogens with one attached hydrogen (secondary N) is 1. The van der Waals surface area contributed by atoms with Crippen molar-refractivity contribution in [3.8, 4) is 16.4 Å². The molecule has 1 aliphatic heterocycles. The van der Waals surface area contributed by atoms with Gasteiger partial charge in [-0.25, -0.2) is 13.8 Å². The molecule has 10 heteroatoms. The van der Waals surface area contributed by atoms with Crippen LogP contribution in [-0.2, 0) is 9.59 Å². The second-order valence-electron chi connectivity index (χ2n) is 7.98. The number of halogens is 2. The molecule has 1 atom stereocenters. The summed E-state index contributed by atoms with van der Waals surface area (Å²) in [6.45, 7) is 2.01. The second kappa shape index (κ2) is 8.79. The van der Waals surface area contributed by atoms with E-state index in [-0.39, 0.29) is 30.6 Å². The van der Waals surface area contributed by atoms with Crippen LogP contribution >= 0.6 is 11.3 Å². The maximum Gasteiger partial charge on any atom is 0.230 e. The smallest absolute Gasteiger partial charge is 0.230 e. The highest BCUT2D eigenvalue weighted by molar-refractivity contribution is 7.12. The normalized spacial score (nSPS) is 15.7. The number of aryl methyl sites for hydroxylation is 1. The van der Waals surface area contributed by atoms with Crippen LogP contribution in [0.5, 0.6) is 0 Å². The van der Waals surface area contributed by atoms with Crippen LogP contribution in [0.15, 0.2) is 60.0 Å². The first-order valence-corrected chi connectivity index (χ1v) is 11.4. The molecule has 2 aromatic carbocycles. The Hall–Kier alpha value is -3.92. The van der Waals surface area contributed by atoms with Gasteiger partial charge in [0.2, 0.25) is 16.9 Å². The number of anilines is 2. The van der Waals surface area contributed by atoms with Crippen molar-refractivity contribution in [3.05, 3.63) is 77.3 Å². The molecule has 0 bridgehead atoms. The minimum Gasteiger partial charge on any atom is -0.312 e. The number of carbonyl (C=O) groups is 2. The third kappa shape index (κ3) is 4.32. The van der Waals surface area contributed by atoms with Crippen molar-refractivity contribution in [2.24, 2.45) is 5.92 Å². The van der Waals surface area contributed by atoms with Gasteiger partial charge in [-0.3, -0.25) is 9.59 Å². The molecule has 0 saturated carbocycles. The number of hydrogen-bond donors (Lipinski definition) is 1. The molecule has 34 heavy (non-hydrogen) atoms. The first-order valence-electron chi connectivity index (χ1n) is 10.5. The standard InChI is InChI=1S/C24H19F2N5O2S/c1-14-10-21(31(29-14)24-27-20(13-34-24)15-2-4-17(25)5-3-15)28-23(33)16-11-22(32)30(12-16)19-8-6-18(26)7-9-19/h2-10,13,16H,11-12H2,1H3,(H,28,33)/t16-/m1/s1. The number of aromatic nitrogens is 3. The minimum atomic E-state index is -0.563. The van der Waals surface area contributed by atoms with Gasteiger partial charge in [0.05, 0.1) is 17.3 Å². The second-order valence-corrected chi connectivity index (χ2v) is 8.81. The molecule has 0 radical (unpaired) electrons. The molecule has 5 rings (SSSR count). The fourth-order valence-corrected chi connectivity index (χ4v) is 4.63. The van der Waals surface area contributed by atoms with E-state index in [9.17, 15) is 18.4 Å². The summed E-state index contributed by atoms with van der Waals surface area (Å²) in [4.78, 5) is 31.6. The fourth-order valence-electron chi connectivity index (χ4n) is 3.83. The highest BCUT2D eigenvalue weighted by atomic mass is 32.1. The Balaban J connectivity index is 1.33. The van der Waals surface area contributed by atoms with E-state index in [2.05, 4.69) is 15.4 Å². The molecular weight excluding hydrogens is 460 g/mol. The molecule has 1 saturated heterocycles. The van der Waals surface area contributed by atoms with Gasteiger partial charge in [0.1, 0.15) is 17.5 Å². The summed E-state index contributed by atoms with van der Waals surface area (Å²) in [6, 6.07) is 13.4. The van der Waals surface area contributed by atoms with E-state index in [1.165, 1.54) is 52.6 Å². The van der Waals surface area contributed by atoms with E-state index in [4.69, 9.17) is 0 Å². The summed E-state index contributed by atoms with van der Waals surface area (Å²) in [5, 5.41) is 9.69. The molecule has 7 nitrogen and oxygen atoms in total.